The van der Waals surface area contributed by atoms with E-state index in [1.54, 1.807) is 35.6 Å². The quantitative estimate of drug-likeness (QED) is 0.318. The van der Waals surface area contributed by atoms with E-state index >= 15 is 0 Å². The Morgan fingerprint density at radius 3 is 2.58 bits per heavy atom. The van der Waals surface area contributed by atoms with Crippen molar-refractivity contribution in [3.05, 3.63) is 64.7 Å². The third-order valence-corrected chi connectivity index (χ3v) is 6.54. The molecule has 2 heterocycles. The van der Waals surface area contributed by atoms with E-state index in [2.05, 4.69) is 20.5 Å². The standard InChI is InChI=1S/C23H20N4O2S2/c1-13-7-9-16(10-8-13)20-22-21(24-15(3)31-22)23(27-26-20)30-12-19(29)25-18-6-4-5-17(11-18)14(2)28/h4-11H,12H2,1-3H3,(H,25,29). The van der Waals surface area contributed by atoms with Crippen molar-refractivity contribution in [3.8, 4) is 11.3 Å². The molecule has 2 aromatic heterocycles. The van der Waals surface area contributed by atoms with Gasteiger partial charge in [-0.1, -0.05) is 53.7 Å². The summed E-state index contributed by atoms with van der Waals surface area (Å²) >= 11 is 2.87. The predicted molar refractivity (Wildman–Crippen MR) is 126 cm³/mol. The molecule has 6 nitrogen and oxygen atoms in total. The smallest absolute Gasteiger partial charge is 0.234 e. The number of hydrogen-bond donors (Lipinski definition) is 1. The Hall–Kier alpha value is -3.10. The summed E-state index contributed by atoms with van der Waals surface area (Å²) in [6.45, 7) is 5.49. The molecule has 0 bridgehead atoms. The van der Waals surface area contributed by atoms with Crippen LogP contribution in [-0.4, -0.2) is 32.6 Å². The van der Waals surface area contributed by atoms with E-state index in [0.29, 0.717) is 16.3 Å². The van der Waals surface area contributed by atoms with Crippen LogP contribution < -0.4 is 5.32 Å². The number of nitrogens with zero attached hydrogens (tertiary/aromatic N) is 3. The van der Waals surface area contributed by atoms with Crippen LogP contribution >= 0.6 is 23.1 Å². The highest BCUT2D eigenvalue weighted by atomic mass is 32.2. The lowest BCUT2D eigenvalue weighted by molar-refractivity contribution is -0.113. The van der Waals surface area contributed by atoms with Crippen molar-refractivity contribution in [2.24, 2.45) is 0 Å². The van der Waals surface area contributed by atoms with E-state index in [9.17, 15) is 9.59 Å². The fraction of sp³-hybridized carbons (Fsp3) is 0.174. The average molecular weight is 449 g/mol. The van der Waals surface area contributed by atoms with E-state index in [4.69, 9.17) is 0 Å². The normalized spacial score (nSPS) is 10.9. The van der Waals surface area contributed by atoms with Gasteiger partial charge in [0.2, 0.25) is 5.91 Å². The molecule has 156 valence electrons. The Balaban J connectivity index is 1.53. The summed E-state index contributed by atoms with van der Waals surface area (Å²) in [7, 11) is 0. The second kappa shape index (κ2) is 8.95. The van der Waals surface area contributed by atoms with Gasteiger partial charge in [0.1, 0.15) is 16.2 Å². The number of aromatic nitrogens is 3. The van der Waals surface area contributed by atoms with Crippen molar-refractivity contribution < 1.29 is 9.59 Å². The molecule has 8 heteroatoms. The number of benzene rings is 2. The van der Waals surface area contributed by atoms with Gasteiger partial charge in [0.15, 0.2) is 5.78 Å². The van der Waals surface area contributed by atoms with Crippen molar-refractivity contribution in [1.29, 1.82) is 0 Å². The van der Waals surface area contributed by atoms with Gasteiger partial charge in [-0.2, -0.15) is 0 Å². The van der Waals surface area contributed by atoms with E-state index in [1.165, 1.54) is 24.2 Å². The summed E-state index contributed by atoms with van der Waals surface area (Å²) in [6.07, 6.45) is 0. The van der Waals surface area contributed by atoms with E-state index in [1.807, 2.05) is 38.1 Å². The summed E-state index contributed by atoms with van der Waals surface area (Å²) in [5.74, 6) is -0.0694. The molecule has 2 aromatic carbocycles. The zero-order valence-corrected chi connectivity index (χ0v) is 18.9. The number of anilines is 1. The molecule has 0 radical (unpaired) electrons. The molecule has 31 heavy (non-hydrogen) atoms. The zero-order chi connectivity index (χ0) is 22.0. The Kier molecular flexibility index (Phi) is 6.11. The first-order valence-corrected chi connectivity index (χ1v) is 11.5. The van der Waals surface area contributed by atoms with E-state index in [0.717, 1.165) is 26.5 Å². The van der Waals surface area contributed by atoms with Gasteiger partial charge in [0.25, 0.3) is 0 Å². The molecule has 4 aromatic rings. The lowest BCUT2D eigenvalue weighted by Gasteiger charge is -2.07. The number of fused-ring (bicyclic) bond motifs is 1. The zero-order valence-electron chi connectivity index (χ0n) is 17.3. The van der Waals surface area contributed by atoms with Crippen LogP contribution in [0.1, 0.15) is 27.9 Å². The highest BCUT2D eigenvalue weighted by Gasteiger charge is 2.17. The minimum Gasteiger partial charge on any atom is -0.325 e. The van der Waals surface area contributed by atoms with Crippen LogP contribution in [0.25, 0.3) is 21.5 Å². The second-order valence-corrected chi connectivity index (χ2v) is 9.27. The van der Waals surface area contributed by atoms with Gasteiger partial charge in [0.05, 0.1) is 15.5 Å². The SMILES string of the molecule is CC(=O)c1cccc(NC(=O)CSc2nnc(-c3ccc(C)cc3)c3sc(C)nc23)c1. The van der Waals surface area contributed by atoms with Gasteiger partial charge >= 0.3 is 0 Å². The summed E-state index contributed by atoms with van der Waals surface area (Å²) in [5.41, 5.74) is 4.89. The maximum Gasteiger partial charge on any atom is 0.234 e. The third-order valence-electron chi connectivity index (χ3n) is 4.61. The first-order chi connectivity index (χ1) is 14.9. The number of rotatable bonds is 6. The largest absolute Gasteiger partial charge is 0.325 e. The first kappa shape index (κ1) is 21.1. The van der Waals surface area contributed by atoms with Gasteiger partial charge in [0, 0.05) is 16.8 Å². The van der Waals surface area contributed by atoms with Gasteiger partial charge in [-0.3, -0.25) is 9.59 Å². The number of hydrogen-bond acceptors (Lipinski definition) is 7. The number of Topliss-reactive ketones (excluding diaryl/α,β-unsaturated/α-hetero) is 1. The second-order valence-electron chi connectivity index (χ2n) is 7.10. The molecule has 0 spiro atoms. The molecule has 1 N–H and O–H groups in total. The molecule has 0 aliphatic rings. The van der Waals surface area contributed by atoms with E-state index < -0.39 is 0 Å². The highest BCUT2D eigenvalue weighted by molar-refractivity contribution is 8.00. The minimum absolute atomic E-state index is 0.0456. The Bertz CT molecular complexity index is 1280. The van der Waals surface area contributed by atoms with Crippen molar-refractivity contribution in [2.45, 2.75) is 25.8 Å². The molecule has 0 saturated heterocycles. The average Bonchev–Trinajstić information content (AvgIpc) is 3.14. The Labute approximate surface area is 188 Å². The number of amides is 1. The van der Waals surface area contributed by atoms with Crippen LogP contribution in [0.2, 0.25) is 0 Å². The van der Waals surface area contributed by atoms with Crippen LogP contribution in [0, 0.1) is 13.8 Å². The summed E-state index contributed by atoms with van der Waals surface area (Å²) in [5, 5.41) is 13.2. The monoisotopic (exact) mass is 448 g/mol. The molecular formula is C23H20N4O2S2. The van der Waals surface area contributed by atoms with Gasteiger partial charge in [-0.05, 0) is 32.9 Å². The van der Waals surface area contributed by atoms with Crippen molar-refractivity contribution in [2.75, 3.05) is 11.1 Å². The lowest BCUT2D eigenvalue weighted by Crippen LogP contribution is -2.14. The molecular weight excluding hydrogens is 428 g/mol. The Morgan fingerprint density at radius 1 is 1.06 bits per heavy atom. The molecule has 0 unspecified atom stereocenters. The van der Waals surface area contributed by atoms with Gasteiger partial charge < -0.3 is 5.32 Å². The third kappa shape index (κ3) is 4.81. The van der Waals surface area contributed by atoms with Gasteiger partial charge in [-0.15, -0.1) is 21.5 Å². The van der Waals surface area contributed by atoms with Gasteiger partial charge in [-0.25, -0.2) is 4.98 Å². The van der Waals surface area contributed by atoms with Crippen molar-refractivity contribution in [1.82, 2.24) is 15.2 Å². The molecule has 0 fully saturated rings. The topological polar surface area (TPSA) is 84.8 Å². The fourth-order valence-electron chi connectivity index (χ4n) is 3.07. The van der Waals surface area contributed by atoms with Crippen LogP contribution in [0.3, 0.4) is 0 Å². The summed E-state index contributed by atoms with van der Waals surface area (Å²) in [6, 6.07) is 15.0. The Morgan fingerprint density at radius 2 is 1.84 bits per heavy atom. The maximum absolute atomic E-state index is 12.4. The number of nitrogens with one attached hydrogen (secondary N) is 1. The van der Waals surface area contributed by atoms with E-state index in [-0.39, 0.29) is 17.4 Å². The van der Waals surface area contributed by atoms with Crippen LogP contribution in [0.15, 0.2) is 53.6 Å². The van der Waals surface area contributed by atoms with Crippen LogP contribution in [0.5, 0.6) is 0 Å². The molecule has 0 aliphatic carbocycles. The number of carbonyl (C=O) groups is 2. The van der Waals surface area contributed by atoms with Crippen LogP contribution in [-0.2, 0) is 4.79 Å². The first-order valence-electron chi connectivity index (χ1n) is 9.65. The number of thiazole rings is 1. The molecule has 4 rings (SSSR count). The summed E-state index contributed by atoms with van der Waals surface area (Å²) in [4.78, 5) is 28.6. The van der Waals surface area contributed by atoms with Crippen LogP contribution in [0.4, 0.5) is 5.69 Å². The molecule has 0 aliphatic heterocycles. The molecule has 1 amide bonds. The lowest BCUT2D eigenvalue weighted by atomic mass is 10.1. The maximum atomic E-state index is 12.4. The highest BCUT2D eigenvalue weighted by Crippen LogP contribution is 2.35. The predicted octanol–water partition coefficient (Wildman–Crippen LogP) is 5.30. The van der Waals surface area contributed by atoms with Crippen molar-refractivity contribution >= 4 is 50.7 Å². The fourth-order valence-corrected chi connectivity index (χ4v) is 4.78. The minimum atomic E-state index is -0.185. The molecule has 0 saturated carbocycles. The number of thioether (sulfide) groups is 1. The number of aryl methyl sites for hydroxylation is 2. The number of ketones is 1. The molecule has 0 atom stereocenters. The summed E-state index contributed by atoms with van der Waals surface area (Å²) < 4.78 is 0.966. The van der Waals surface area contributed by atoms with Crippen molar-refractivity contribution in [3.63, 3.8) is 0 Å². The number of carbonyl (C=O) groups excluding carboxylic acids is 2.